The molecule has 1 aliphatic carbocycles. The van der Waals surface area contributed by atoms with E-state index in [-0.39, 0.29) is 6.10 Å². The number of aliphatic carboxylic acids is 1. The molecule has 0 spiro atoms. The summed E-state index contributed by atoms with van der Waals surface area (Å²) in [6.45, 7) is 0. The first-order chi connectivity index (χ1) is 9.04. The summed E-state index contributed by atoms with van der Waals surface area (Å²) in [5.41, 5.74) is 0. The van der Waals surface area contributed by atoms with Crippen LogP contribution in [-0.4, -0.2) is 62.8 Å². The van der Waals surface area contributed by atoms with E-state index in [4.69, 9.17) is 24.1 Å². The van der Waals surface area contributed by atoms with Crippen LogP contribution in [0.2, 0.25) is 0 Å². The highest BCUT2D eigenvalue weighted by Crippen LogP contribution is 2.43. The molecule has 1 N–H and O–H groups in total. The number of carbonyl (C=O) groups excluding carboxylic acids is 1. The second kappa shape index (κ2) is 5.44. The minimum absolute atomic E-state index is 0.323. The normalized spacial score (nSPS) is 41.7. The molecule has 0 bridgehead atoms. The molecule has 7 heteroatoms. The molecule has 7 nitrogen and oxygen atoms in total. The van der Waals surface area contributed by atoms with Crippen molar-refractivity contribution < 1.29 is 33.6 Å². The SMILES string of the molecule is CO[C@H]1[C@H](OC)[C@H](OC)C[C@@H]2C(=O)O[C@H](C(=O)O)[C@H]12. The van der Waals surface area contributed by atoms with Gasteiger partial charge in [0.1, 0.15) is 6.10 Å². The zero-order valence-electron chi connectivity index (χ0n) is 11.1. The van der Waals surface area contributed by atoms with E-state index in [1.807, 2.05) is 0 Å². The summed E-state index contributed by atoms with van der Waals surface area (Å²) in [6, 6.07) is 0. The number of carboxylic acid groups (broad SMARTS) is 1. The molecule has 19 heavy (non-hydrogen) atoms. The number of cyclic esters (lactones) is 1. The first-order valence-electron chi connectivity index (χ1n) is 6.06. The fraction of sp³-hybridized carbons (Fsp3) is 0.833. The van der Waals surface area contributed by atoms with Gasteiger partial charge in [0.2, 0.25) is 6.10 Å². The molecule has 0 aromatic heterocycles. The van der Waals surface area contributed by atoms with Crippen molar-refractivity contribution in [2.45, 2.75) is 30.8 Å². The van der Waals surface area contributed by atoms with Gasteiger partial charge in [-0.05, 0) is 6.42 Å². The summed E-state index contributed by atoms with van der Waals surface area (Å²) < 4.78 is 21.0. The Balaban J connectivity index is 2.33. The largest absolute Gasteiger partial charge is 0.478 e. The average molecular weight is 274 g/mol. The van der Waals surface area contributed by atoms with Gasteiger partial charge < -0.3 is 24.1 Å². The van der Waals surface area contributed by atoms with Gasteiger partial charge in [-0.25, -0.2) is 4.79 Å². The number of fused-ring (bicyclic) bond motifs is 1. The summed E-state index contributed by atoms with van der Waals surface area (Å²) in [7, 11) is 4.50. The molecule has 0 amide bonds. The quantitative estimate of drug-likeness (QED) is 0.702. The van der Waals surface area contributed by atoms with Crippen LogP contribution < -0.4 is 0 Å². The highest BCUT2D eigenvalue weighted by molar-refractivity contribution is 5.84. The number of carboxylic acids is 1. The van der Waals surface area contributed by atoms with Gasteiger partial charge in [0.05, 0.1) is 18.1 Å². The third-order valence-corrected chi connectivity index (χ3v) is 4.01. The van der Waals surface area contributed by atoms with Crippen LogP contribution in [0.1, 0.15) is 6.42 Å². The van der Waals surface area contributed by atoms with Crippen LogP contribution in [0, 0.1) is 11.8 Å². The fourth-order valence-corrected chi connectivity index (χ4v) is 3.15. The summed E-state index contributed by atoms with van der Waals surface area (Å²) >= 11 is 0. The first-order valence-corrected chi connectivity index (χ1v) is 6.06. The van der Waals surface area contributed by atoms with Gasteiger partial charge in [-0.2, -0.15) is 0 Å². The molecule has 1 saturated carbocycles. The number of hydrogen-bond donors (Lipinski definition) is 1. The Bertz CT molecular complexity index is 369. The van der Waals surface area contributed by atoms with Crippen molar-refractivity contribution in [2.24, 2.45) is 11.8 Å². The van der Waals surface area contributed by atoms with Crippen LogP contribution in [0.3, 0.4) is 0 Å². The van der Waals surface area contributed by atoms with Gasteiger partial charge in [-0.3, -0.25) is 4.79 Å². The summed E-state index contributed by atoms with van der Waals surface area (Å²) in [4.78, 5) is 23.0. The number of carbonyl (C=O) groups is 2. The van der Waals surface area contributed by atoms with Crippen LogP contribution in [0.5, 0.6) is 0 Å². The van der Waals surface area contributed by atoms with Gasteiger partial charge in [0.25, 0.3) is 0 Å². The first kappa shape index (κ1) is 14.2. The summed E-state index contributed by atoms with van der Waals surface area (Å²) in [5.74, 6) is -2.74. The fourth-order valence-electron chi connectivity index (χ4n) is 3.15. The predicted octanol–water partition coefficient (Wildman–Crippen LogP) is -0.322. The van der Waals surface area contributed by atoms with Crippen LogP contribution in [0.15, 0.2) is 0 Å². The number of rotatable bonds is 4. The molecule has 2 aliphatic rings. The maximum Gasteiger partial charge on any atom is 0.345 e. The van der Waals surface area contributed by atoms with Gasteiger partial charge in [0, 0.05) is 27.2 Å². The summed E-state index contributed by atoms with van der Waals surface area (Å²) in [5, 5.41) is 9.16. The van der Waals surface area contributed by atoms with Crippen LogP contribution >= 0.6 is 0 Å². The van der Waals surface area contributed by atoms with Gasteiger partial charge in [-0.15, -0.1) is 0 Å². The molecule has 2 rings (SSSR count). The zero-order chi connectivity index (χ0) is 14.2. The van der Waals surface area contributed by atoms with E-state index in [1.54, 1.807) is 0 Å². The van der Waals surface area contributed by atoms with E-state index < -0.39 is 42.1 Å². The van der Waals surface area contributed by atoms with Crippen LogP contribution in [0.4, 0.5) is 0 Å². The minimum Gasteiger partial charge on any atom is -0.478 e. The van der Waals surface area contributed by atoms with Crippen molar-refractivity contribution in [2.75, 3.05) is 21.3 Å². The standard InChI is InChI=1S/C12H18O7/c1-16-6-4-5-7(9(18-3)8(6)17-2)10(11(13)14)19-12(5)15/h5-10H,4H2,1-3H3,(H,13,14)/t5-,6+,7-,8+,9+,10-/m0/s1. The van der Waals surface area contributed by atoms with Crippen molar-refractivity contribution in [3.05, 3.63) is 0 Å². The molecule has 1 heterocycles. The predicted molar refractivity (Wildman–Crippen MR) is 61.5 cm³/mol. The number of esters is 1. The topological polar surface area (TPSA) is 91.3 Å². The van der Waals surface area contributed by atoms with E-state index in [1.165, 1.54) is 21.3 Å². The van der Waals surface area contributed by atoms with E-state index in [0.29, 0.717) is 6.42 Å². The van der Waals surface area contributed by atoms with Crippen molar-refractivity contribution in [1.82, 2.24) is 0 Å². The molecule has 1 aliphatic heterocycles. The molecular weight excluding hydrogens is 256 g/mol. The van der Waals surface area contributed by atoms with Crippen molar-refractivity contribution in [1.29, 1.82) is 0 Å². The van der Waals surface area contributed by atoms with Gasteiger partial charge >= 0.3 is 11.9 Å². The lowest BCUT2D eigenvalue weighted by molar-refractivity contribution is -0.173. The van der Waals surface area contributed by atoms with Crippen molar-refractivity contribution in [3.63, 3.8) is 0 Å². The van der Waals surface area contributed by atoms with E-state index >= 15 is 0 Å². The molecule has 0 aromatic carbocycles. The molecular formula is C12H18O7. The Morgan fingerprint density at radius 2 is 1.84 bits per heavy atom. The molecule has 0 aromatic rings. The molecule has 0 unspecified atom stereocenters. The molecule has 108 valence electrons. The van der Waals surface area contributed by atoms with E-state index in [0.717, 1.165) is 0 Å². The molecule has 1 saturated heterocycles. The average Bonchev–Trinajstić information content (AvgIpc) is 2.73. The maximum atomic E-state index is 11.8. The molecule has 2 fully saturated rings. The Kier molecular flexibility index (Phi) is 4.07. The zero-order valence-corrected chi connectivity index (χ0v) is 11.1. The third-order valence-electron chi connectivity index (χ3n) is 4.01. The van der Waals surface area contributed by atoms with E-state index in [2.05, 4.69) is 0 Å². The second-order valence-corrected chi connectivity index (χ2v) is 4.79. The number of hydrogen-bond acceptors (Lipinski definition) is 6. The lowest BCUT2D eigenvalue weighted by Crippen LogP contribution is -2.55. The second-order valence-electron chi connectivity index (χ2n) is 4.79. The Morgan fingerprint density at radius 1 is 1.21 bits per heavy atom. The number of methoxy groups -OCH3 is 3. The Morgan fingerprint density at radius 3 is 2.32 bits per heavy atom. The highest BCUT2D eigenvalue weighted by atomic mass is 16.6. The van der Waals surface area contributed by atoms with Gasteiger partial charge in [0.15, 0.2) is 0 Å². The van der Waals surface area contributed by atoms with E-state index in [9.17, 15) is 9.59 Å². The lowest BCUT2D eigenvalue weighted by Gasteiger charge is -2.41. The molecule has 6 atom stereocenters. The minimum atomic E-state index is -1.18. The molecule has 0 radical (unpaired) electrons. The smallest absolute Gasteiger partial charge is 0.345 e. The summed E-state index contributed by atoms with van der Waals surface area (Å²) in [6.07, 6.45) is -2.11. The monoisotopic (exact) mass is 274 g/mol. The Hall–Kier alpha value is -1.18. The lowest BCUT2D eigenvalue weighted by atomic mass is 9.73. The van der Waals surface area contributed by atoms with Crippen LogP contribution in [0.25, 0.3) is 0 Å². The Labute approximate surface area is 110 Å². The van der Waals surface area contributed by atoms with Crippen LogP contribution in [-0.2, 0) is 28.5 Å². The maximum absolute atomic E-state index is 11.8. The van der Waals surface area contributed by atoms with Gasteiger partial charge in [-0.1, -0.05) is 0 Å². The third kappa shape index (κ3) is 2.22. The van der Waals surface area contributed by atoms with Crippen molar-refractivity contribution >= 4 is 11.9 Å². The van der Waals surface area contributed by atoms with Crippen molar-refractivity contribution in [3.8, 4) is 0 Å². The number of ether oxygens (including phenoxy) is 4. The highest BCUT2D eigenvalue weighted by Gasteiger charge is 2.59.